The number of ether oxygens (including phenoxy) is 1. The Balaban J connectivity index is 2.01. The predicted molar refractivity (Wildman–Crippen MR) is 81.0 cm³/mol. The minimum absolute atomic E-state index is 0.0156. The lowest BCUT2D eigenvalue weighted by Gasteiger charge is -2.18. The van der Waals surface area contributed by atoms with Crippen LogP contribution in [-0.4, -0.2) is 25.6 Å². The number of benzene rings is 1. The van der Waals surface area contributed by atoms with Gasteiger partial charge >= 0.3 is 0 Å². The van der Waals surface area contributed by atoms with Crippen LogP contribution in [0.25, 0.3) is 0 Å². The molecule has 0 spiro atoms. The third kappa shape index (κ3) is 3.97. The molecule has 0 bridgehead atoms. The fourth-order valence-electron chi connectivity index (χ4n) is 2.51. The molecule has 1 aliphatic rings. The molecule has 1 aromatic rings. The van der Waals surface area contributed by atoms with Crippen molar-refractivity contribution in [2.24, 2.45) is 5.92 Å². The number of para-hydroxylation sites is 2. The predicted octanol–water partition coefficient (Wildman–Crippen LogP) is 2.80. The van der Waals surface area contributed by atoms with Gasteiger partial charge in [0.1, 0.15) is 5.75 Å². The number of amides is 1. The SMILES string of the molecule is CNCC(C)C(=O)Nc1ccccc1OC1CCCC1. The van der Waals surface area contributed by atoms with Crippen LogP contribution >= 0.6 is 0 Å². The Morgan fingerprint density at radius 2 is 2.05 bits per heavy atom. The Morgan fingerprint density at radius 3 is 2.75 bits per heavy atom. The summed E-state index contributed by atoms with van der Waals surface area (Å²) >= 11 is 0. The van der Waals surface area contributed by atoms with E-state index in [1.165, 1.54) is 12.8 Å². The molecule has 110 valence electrons. The standard InChI is InChI=1S/C16H24N2O2/c1-12(11-17-2)16(19)18-14-9-5-6-10-15(14)20-13-7-3-4-8-13/h5-6,9-10,12-13,17H,3-4,7-8,11H2,1-2H3,(H,18,19). The van der Waals surface area contributed by atoms with Crippen molar-refractivity contribution in [3.63, 3.8) is 0 Å². The third-order valence-corrected chi connectivity index (χ3v) is 3.70. The summed E-state index contributed by atoms with van der Waals surface area (Å²) in [5.74, 6) is 0.728. The zero-order chi connectivity index (χ0) is 14.4. The first kappa shape index (κ1) is 14.9. The average molecular weight is 276 g/mol. The van der Waals surface area contributed by atoms with Crippen LogP contribution in [0.1, 0.15) is 32.6 Å². The lowest BCUT2D eigenvalue weighted by Crippen LogP contribution is -2.28. The lowest BCUT2D eigenvalue weighted by atomic mass is 10.1. The van der Waals surface area contributed by atoms with Gasteiger partial charge in [0.15, 0.2) is 0 Å². The Hall–Kier alpha value is -1.55. The van der Waals surface area contributed by atoms with Gasteiger partial charge in [-0.15, -0.1) is 0 Å². The van der Waals surface area contributed by atoms with Gasteiger partial charge in [0.2, 0.25) is 5.91 Å². The quantitative estimate of drug-likeness (QED) is 0.840. The molecular formula is C16H24N2O2. The van der Waals surface area contributed by atoms with E-state index in [0.29, 0.717) is 12.6 Å². The van der Waals surface area contributed by atoms with Gasteiger partial charge < -0.3 is 15.4 Å². The average Bonchev–Trinajstić information content (AvgIpc) is 2.94. The van der Waals surface area contributed by atoms with Gasteiger partial charge in [0, 0.05) is 12.5 Å². The highest BCUT2D eigenvalue weighted by Gasteiger charge is 2.19. The van der Waals surface area contributed by atoms with Crippen molar-refractivity contribution in [1.82, 2.24) is 5.32 Å². The van der Waals surface area contributed by atoms with Crippen molar-refractivity contribution in [2.75, 3.05) is 18.9 Å². The smallest absolute Gasteiger partial charge is 0.228 e. The summed E-state index contributed by atoms with van der Waals surface area (Å²) in [5, 5.41) is 5.98. The van der Waals surface area contributed by atoms with E-state index >= 15 is 0 Å². The van der Waals surface area contributed by atoms with Crippen LogP contribution in [0.4, 0.5) is 5.69 Å². The van der Waals surface area contributed by atoms with Crippen molar-refractivity contribution in [2.45, 2.75) is 38.7 Å². The monoisotopic (exact) mass is 276 g/mol. The Bertz CT molecular complexity index is 442. The van der Waals surface area contributed by atoms with Gasteiger partial charge in [0.05, 0.1) is 11.8 Å². The zero-order valence-corrected chi connectivity index (χ0v) is 12.3. The molecule has 2 N–H and O–H groups in total. The summed E-state index contributed by atoms with van der Waals surface area (Å²) in [6, 6.07) is 7.68. The van der Waals surface area contributed by atoms with Crippen molar-refractivity contribution in [3.05, 3.63) is 24.3 Å². The topological polar surface area (TPSA) is 50.4 Å². The Morgan fingerprint density at radius 1 is 1.35 bits per heavy atom. The minimum atomic E-state index is -0.0699. The largest absolute Gasteiger partial charge is 0.488 e. The van der Waals surface area contributed by atoms with E-state index in [4.69, 9.17) is 4.74 Å². The maximum absolute atomic E-state index is 12.1. The highest BCUT2D eigenvalue weighted by atomic mass is 16.5. The van der Waals surface area contributed by atoms with Gasteiger partial charge in [-0.05, 0) is 44.9 Å². The number of hydrogen-bond donors (Lipinski definition) is 2. The number of rotatable bonds is 6. The van der Waals surface area contributed by atoms with Crippen LogP contribution < -0.4 is 15.4 Å². The molecule has 4 nitrogen and oxygen atoms in total. The van der Waals surface area contributed by atoms with E-state index < -0.39 is 0 Å². The summed E-state index contributed by atoms with van der Waals surface area (Å²) < 4.78 is 6.02. The van der Waals surface area contributed by atoms with Crippen molar-refractivity contribution < 1.29 is 9.53 Å². The molecule has 0 radical (unpaired) electrons. The molecule has 1 unspecified atom stereocenters. The molecule has 4 heteroatoms. The number of anilines is 1. The third-order valence-electron chi connectivity index (χ3n) is 3.70. The molecule has 1 aromatic carbocycles. The van der Waals surface area contributed by atoms with Gasteiger partial charge in [-0.1, -0.05) is 19.1 Å². The zero-order valence-electron chi connectivity index (χ0n) is 12.3. The first-order chi connectivity index (χ1) is 9.70. The molecule has 20 heavy (non-hydrogen) atoms. The highest BCUT2D eigenvalue weighted by Crippen LogP contribution is 2.29. The van der Waals surface area contributed by atoms with Crippen LogP contribution in [0.15, 0.2) is 24.3 Å². The van der Waals surface area contributed by atoms with E-state index in [9.17, 15) is 4.79 Å². The van der Waals surface area contributed by atoms with Crippen molar-refractivity contribution >= 4 is 11.6 Å². The lowest BCUT2D eigenvalue weighted by molar-refractivity contribution is -0.119. The molecule has 2 rings (SSSR count). The maximum Gasteiger partial charge on any atom is 0.228 e. The second-order valence-corrected chi connectivity index (χ2v) is 5.47. The number of carbonyl (C=O) groups excluding carboxylic acids is 1. The van der Waals surface area contributed by atoms with Crippen LogP contribution in [0.3, 0.4) is 0 Å². The molecule has 1 aliphatic carbocycles. The molecule has 1 amide bonds. The fraction of sp³-hybridized carbons (Fsp3) is 0.562. The van der Waals surface area contributed by atoms with Crippen LogP contribution in [0.2, 0.25) is 0 Å². The van der Waals surface area contributed by atoms with Gasteiger partial charge in [-0.2, -0.15) is 0 Å². The van der Waals surface area contributed by atoms with E-state index in [1.807, 2.05) is 38.2 Å². The number of carbonyl (C=O) groups is 1. The van der Waals surface area contributed by atoms with E-state index in [-0.39, 0.29) is 11.8 Å². The molecule has 0 saturated heterocycles. The van der Waals surface area contributed by atoms with E-state index in [1.54, 1.807) is 0 Å². The molecule has 0 heterocycles. The second-order valence-electron chi connectivity index (χ2n) is 5.47. The fourth-order valence-corrected chi connectivity index (χ4v) is 2.51. The second kappa shape index (κ2) is 7.29. The van der Waals surface area contributed by atoms with Gasteiger partial charge in [-0.25, -0.2) is 0 Å². The number of hydrogen-bond acceptors (Lipinski definition) is 3. The normalized spacial score (nSPS) is 16.9. The van der Waals surface area contributed by atoms with Crippen LogP contribution in [-0.2, 0) is 4.79 Å². The Labute approximate surface area is 120 Å². The highest BCUT2D eigenvalue weighted by molar-refractivity contribution is 5.93. The van der Waals surface area contributed by atoms with E-state index in [0.717, 1.165) is 24.3 Å². The molecule has 1 saturated carbocycles. The van der Waals surface area contributed by atoms with Crippen molar-refractivity contribution in [1.29, 1.82) is 0 Å². The molecule has 0 aliphatic heterocycles. The minimum Gasteiger partial charge on any atom is -0.488 e. The van der Waals surface area contributed by atoms with Gasteiger partial charge in [0.25, 0.3) is 0 Å². The number of nitrogens with one attached hydrogen (secondary N) is 2. The van der Waals surface area contributed by atoms with E-state index in [2.05, 4.69) is 10.6 Å². The van der Waals surface area contributed by atoms with Gasteiger partial charge in [-0.3, -0.25) is 4.79 Å². The summed E-state index contributed by atoms with van der Waals surface area (Å²) in [6.07, 6.45) is 4.98. The summed E-state index contributed by atoms with van der Waals surface area (Å²) in [5.41, 5.74) is 0.771. The van der Waals surface area contributed by atoms with Crippen LogP contribution in [0.5, 0.6) is 5.75 Å². The summed E-state index contributed by atoms with van der Waals surface area (Å²) in [7, 11) is 1.85. The maximum atomic E-state index is 12.1. The summed E-state index contributed by atoms with van der Waals surface area (Å²) in [6.45, 7) is 2.57. The Kier molecular flexibility index (Phi) is 5.41. The summed E-state index contributed by atoms with van der Waals surface area (Å²) in [4.78, 5) is 12.1. The van der Waals surface area contributed by atoms with Crippen molar-refractivity contribution in [3.8, 4) is 5.75 Å². The molecule has 1 atom stereocenters. The molecular weight excluding hydrogens is 252 g/mol. The first-order valence-corrected chi connectivity index (χ1v) is 7.42. The molecule has 0 aromatic heterocycles. The van der Waals surface area contributed by atoms with Crippen LogP contribution in [0, 0.1) is 5.92 Å². The first-order valence-electron chi connectivity index (χ1n) is 7.42. The molecule has 1 fully saturated rings.